The molecule has 0 atom stereocenters. The predicted octanol–water partition coefficient (Wildman–Crippen LogP) is 3.51. The number of benzene rings is 1. The first kappa shape index (κ1) is 14.8. The number of rotatable bonds is 2. The first-order valence-corrected chi connectivity index (χ1v) is 8.62. The van der Waals surface area contributed by atoms with Crippen LogP contribution < -0.4 is 0 Å². The van der Waals surface area contributed by atoms with Gasteiger partial charge in [-0.05, 0) is 30.5 Å². The molecule has 2 aromatic heterocycles. The highest BCUT2D eigenvalue weighted by Gasteiger charge is 2.39. The maximum Gasteiger partial charge on any atom is 0.271 e. The van der Waals surface area contributed by atoms with Gasteiger partial charge in [-0.1, -0.05) is 17.7 Å². The van der Waals surface area contributed by atoms with Gasteiger partial charge >= 0.3 is 0 Å². The first-order chi connectivity index (χ1) is 12.1. The van der Waals surface area contributed by atoms with Crippen LogP contribution in [0.5, 0.6) is 0 Å². The van der Waals surface area contributed by atoms with Gasteiger partial charge in [-0.2, -0.15) is 0 Å². The molecule has 25 heavy (non-hydrogen) atoms. The van der Waals surface area contributed by atoms with Crippen LogP contribution in [0.15, 0.2) is 30.6 Å². The van der Waals surface area contributed by atoms with E-state index in [1.54, 1.807) is 18.5 Å². The lowest BCUT2D eigenvalue weighted by molar-refractivity contribution is 0.0693. The fourth-order valence-corrected chi connectivity index (χ4v) is 3.72. The number of halogens is 2. The molecule has 1 saturated carbocycles. The summed E-state index contributed by atoms with van der Waals surface area (Å²) in [4.78, 5) is 23.9. The van der Waals surface area contributed by atoms with E-state index in [-0.39, 0.29) is 10.9 Å². The number of carbonyl (C=O) groups is 1. The Hall–Kier alpha value is -2.47. The molecule has 1 aliphatic carbocycles. The van der Waals surface area contributed by atoms with Crippen molar-refractivity contribution in [1.29, 1.82) is 0 Å². The van der Waals surface area contributed by atoms with Crippen molar-refractivity contribution in [2.45, 2.75) is 25.4 Å². The summed E-state index contributed by atoms with van der Waals surface area (Å²) in [5.41, 5.74) is 3.04. The van der Waals surface area contributed by atoms with E-state index in [2.05, 4.69) is 9.97 Å². The topological polar surface area (TPSA) is 51.0 Å². The second kappa shape index (κ2) is 5.26. The van der Waals surface area contributed by atoms with E-state index in [1.807, 2.05) is 9.47 Å². The molecule has 1 aromatic carbocycles. The summed E-state index contributed by atoms with van der Waals surface area (Å²) >= 11 is 5.82. The second-order valence-electron chi connectivity index (χ2n) is 6.46. The van der Waals surface area contributed by atoms with Crippen molar-refractivity contribution >= 4 is 28.7 Å². The summed E-state index contributed by atoms with van der Waals surface area (Å²) in [7, 11) is 0. The largest absolute Gasteiger partial charge is 0.333 e. The summed E-state index contributed by atoms with van der Waals surface area (Å²) in [5.74, 6) is -0.544. The van der Waals surface area contributed by atoms with Crippen LogP contribution >= 0.6 is 11.6 Å². The Morgan fingerprint density at radius 1 is 1.16 bits per heavy atom. The molecule has 0 radical (unpaired) electrons. The molecule has 1 fully saturated rings. The fourth-order valence-electron chi connectivity index (χ4n) is 3.60. The zero-order valence-corrected chi connectivity index (χ0v) is 14.0. The van der Waals surface area contributed by atoms with Gasteiger partial charge in [-0.15, -0.1) is 0 Å². The van der Waals surface area contributed by atoms with Gasteiger partial charge in [0.15, 0.2) is 5.65 Å². The molecule has 1 amide bonds. The van der Waals surface area contributed by atoms with Crippen molar-refractivity contribution in [3.8, 4) is 11.1 Å². The average Bonchev–Trinajstić information content (AvgIpc) is 3.40. The van der Waals surface area contributed by atoms with Crippen molar-refractivity contribution in [3.05, 3.63) is 47.1 Å². The minimum absolute atomic E-state index is 0.0288. The molecule has 3 heterocycles. The maximum absolute atomic E-state index is 14.0. The van der Waals surface area contributed by atoms with Crippen LogP contribution in [0.25, 0.3) is 22.3 Å². The highest BCUT2D eigenvalue weighted by molar-refractivity contribution is 6.30. The van der Waals surface area contributed by atoms with E-state index in [4.69, 9.17) is 11.6 Å². The van der Waals surface area contributed by atoms with Gasteiger partial charge in [0.2, 0.25) is 0 Å². The van der Waals surface area contributed by atoms with Crippen molar-refractivity contribution in [2.75, 3.05) is 6.54 Å². The molecule has 1 aliphatic heterocycles. The smallest absolute Gasteiger partial charge is 0.271 e. The first-order valence-electron chi connectivity index (χ1n) is 8.25. The molecule has 0 saturated heterocycles. The third-order valence-electron chi connectivity index (χ3n) is 4.90. The van der Waals surface area contributed by atoms with E-state index in [0.29, 0.717) is 47.1 Å². The monoisotopic (exact) mass is 356 g/mol. The zero-order valence-electron chi connectivity index (χ0n) is 13.2. The van der Waals surface area contributed by atoms with Gasteiger partial charge in [0.05, 0.1) is 5.02 Å². The highest BCUT2D eigenvalue weighted by atomic mass is 35.5. The summed E-state index contributed by atoms with van der Waals surface area (Å²) in [6, 6.07) is 4.91. The lowest BCUT2D eigenvalue weighted by atomic mass is 10.0. The van der Waals surface area contributed by atoms with Gasteiger partial charge in [-0.3, -0.25) is 9.78 Å². The van der Waals surface area contributed by atoms with Gasteiger partial charge in [0, 0.05) is 37.1 Å². The number of aromatic nitrogens is 3. The lowest BCUT2D eigenvalue weighted by Gasteiger charge is -2.29. The Balaban J connectivity index is 1.80. The number of hydrogen-bond acceptors (Lipinski definition) is 3. The van der Waals surface area contributed by atoms with Crippen LogP contribution in [-0.2, 0) is 6.54 Å². The molecule has 0 spiro atoms. The van der Waals surface area contributed by atoms with Crippen molar-refractivity contribution in [2.24, 2.45) is 0 Å². The Morgan fingerprint density at radius 2 is 1.96 bits per heavy atom. The normalized spacial score (nSPS) is 17.2. The lowest BCUT2D eigenvalue weighted by Crippen LogP contribution is -2.41. The third kappa shape index (κ3) is 2.17. The van der Waals surface area contributed by atoms with Gasteiger partial charge in [0.25, 0.3) is 5.91 Å². The van der Waals surface area contributed by atoms with Crippen molar-refractivity contribution < 1.29 is 9.18 Å². The Labute approximate surface area is 148 Å². The van der Waals surface area contributed by atoms with E-state index in [0.717, 1.165) is 12.8 Å². The van der Waals surface area contributed by atoms with Crippen LogP contribution in [-0.4, -0.2) is 37.9 Å². The van der Waals surface area contributed by atoms with Crippen LogP contribution in [0.1, 0.15) is 23.3 Å². The second-order valence-corrected chi connectivity index (χ2v) is 6.87. The number of carbonyl (C=O) groups excluding carboxylic acids is 1. The van der Waals surface area contributed by atoms with Crippen LogP contribution in [0.4, 0.5) is 4.39 Å². The van der Waals surface area contributed by atoms with E-state index < -0.39 is 5.82 Å². The molecule has 0 N–H and O–H groups in total. The standard InChI is InChI=1S/C18H14ClFN4O/c19-12-4-1-10(9-13(12)20)14-15-17(22-6-5-21-15)24-8-7-23(11-2-3-11)18(25)16(14)24/h1,4-6,9,11H,2-3,7-8H2. The van der Waals surface area contributed by atoms with Crippen LogP contribution in [0.2, 0.25) is 5.02 Å². The van der Waals surface area contributed by atoms with Crippen molar-refractivity contribution in [1.82, 2.24) is 19.4 Å². The van der Waals surface area contributed by atoms with Crippen LogP contribution in [0, 0.1) is 5.82 Å². The summed E-state index contributed by atoms with van der Waals surface area (Å²) in [6.07, 6.45) is 5.30. The van der Waals surface area contributed by atoms with Crippen LogP contribution in [0.3, 0.4) is 0 Å². The maximum atomic E-state index is 14.0. The molecule has 5 rings (SSSR count). The molecule has 0 unspecified atom stereocenters. The molecule has 126 valence electrons. The van der Waals surface area contributed by atoms with Crippen molar-refractivity contribution in [3.63, 3.8) is 0 Å². The molecular weight excluding hydrogens is 343 g/mol. The Morgan fingerprint density at radius 3 is 2.72 bits per heavy atom. The Bertz CT molecular complexity index is 1030. The van der Waals surface area contributed by atoms with E-state index in [1.165, 1.54) is 12.1 Å². The molecule has 5 nitrogen and oxygen atoms in total. The minimum Gasteiger partial charge on any atom is -0.333 e. The quantitative estimate of drug-likeness (QED) is 0.706. The number of fused-ring (bicyclic) bond motifs is 3. The van der Waals surface area contributed by atoms with Gasteiger partial charge in [0.1, 0.15) is 17.0 Å². The number of nitrogens with zero attached hydrogens (tertiary/aromatic N) is 4. The summed E-state index contributed by atoms with van der Waals surface area (Å²) in [5, 5.41) is 0.0538. The highest BCUT2D eigenvalue weighted by Crippen LogP contribution is 2.39. The van der Waals surface area contributed by atoms with E-state index >= 15 is 0 Å². The molecule has 2 aliphatic rings. The fraction of sp³-hybridized carbons (Fsp3) is 0.278. The van der Waals surface area contributed by atoms with E-state index in [9.17, 15) is 9.18 Å². The van der Waals surface area contributed by atoms with Gasteiger partial charge < -0.3 is 9.47 Å². The molecule has 7 heteroatoms. The predicted molar refractivity (Wildman–Crippen MR) is 92.0 cm³/mol. The average molecular weight is 357 g/mol. The Kier molecular flexibility index (Phi) is 3.12. The molecular formula is C18H14ClFN4O. The summed E-state index contributed by atoms with van der Waals surface area (Å²) in [6.45, 7) is 1.34. The van der Waals surface area contributed by atoms with Gasteiger partial charge in [-0.25, -0.2) is 9.37 Å². The minimum atomic E-state index is -0.515. The molecule has 3 aromatic rings. The number of amides is 1. The molecule has 0 bridgehead atoms. The zero-order chi connectivity index (χ0) is 17.1. The third-order valence-corrected chi connectivity index (χ3v) is 5.21. The SMILES string of the molecule is O=C1c2c(-c3ccc(Cl)c(F)c3)c3nccnc3n2CCN1C1CC1. The summed E-state index contributed by atoms with van der Waals surface area (Å²) < 4.78 is 16.0. The number of hydrogen-bond donors (Lipinski definition) is 0.